The third-order valence-electron chi connectivity index (χ3n) is 3.26. The second-order valence-electron chi connectivity index (χ2n) is 4.81. The number of ether oxygens (including phenoxy) is 1. The summed E-state index contributed by atoms with van der Waals surface area (Å²) in [4.78, 5) is 0. The van der Waals surface area contributed by atoms with Gasteiger partial charge in [0.2, 0.25) is 0 Å². The molecule has 0 unspecified atom stereocenters. The summed E-state index contributed by atoms with van der Waals surface area (Å²) in [6.45, 7) is 2.79. The minimum Gasteiger partial charge on any atom is -0.497 e. The van der Waals surface area contributed by atoms with Crippen LogP contribution in [0.5, 0.6) is 5.75 Å². The van der Waals surface area contributed by atoms with Crippen molar-refractivity contribution in [3.05, 3.63) is 65.7 Å². The average Bonchev–Trinajstić information content (AvgIpc) is 2.54. The van der Waals surface area contributed by atoms with Crippen LogP contribution in [-0.2, 0) is 6.54 Å². The van der Waals surface area contributed by atoms with E-state index >= 15 is 0 Å². The third-order valence-corrected chi connectivity index (χ3v) is 3.52. The second kappa shape index (κ2) is 7.64. The Balaban J connectivity index is 1.81. The fraction of sp³-hybridized carbons (Fsp3) is 0.235. The van der Waals surface area contributed by atoms with Gasteiger partial charge in [-0.2, -0.15) is 0 Å². The van der Waals surface area contributed by atoms with Crippen molar-refractivity contribution >= 4 is 17.3 Å². The molecule has 0 bridgehead atoms. The molecular formula is C17H20N2OS. The summed E-state index contributed by atoms with van der Waals surface area (Å²) in [5.74, 6) is 0.858. The van der Waals surface area contributed by atoms with Crippen LogP contribution in [0.1, 0.15) is 24.1 Å². The molecule has 0 saturated carbocycles. The number of benzene rings is 2. The Labute approximate surface area is 131 Å². The van der Waals surface area contributed by atoms with Gasteiger partial charge >= 0.3 is 0 Å². The van der Waals surface area contributed by atoms with Crippen molar-refractivity contribution in [2.24, 2.45) is 0 Å². The fourth-order valence-electron chi connectivity index (χ4n) is 2.00. The van der Waals surface area contributed by atoms with Gasteiger partial charge in [0, 0.05) is 6.54 Å². The normalized spacial score (nSPS) is 11.5. The molecule has 0 aromatic heterocycles. The average molecular weight is 300 g/mol. The smallest absolute Gasteiger partial charge is 0.167 e. The van der Waals surface area contributed by atoms with Crippen LogP contribution in [0.4, 0.5) is 0 Å². The van der Waals surface area contributed by atoms with Crippen molar-refractivity contribution < 1.29 is 4.74 Å². The van der Waals surface area contributed by atoms with E-state index in [1.807, 2.05) is 42.5 Å². The summed E-state index contributed by atoms with van der Waals surface area (Å²) in [7, 11) is 1.66. The van der Waals surface area contributed by atoms with E-state index in [4.69, 9.17) is 17.0 Å². The van der Waals surface area contributed by atoms with Crippen molar-refractivity contribution in [2.45, 2.75) is 19.5 Å². The molecule has 0 aliphatic carbocycles. The minimum atomic E-state index is 0.182. The number of hydrogen-bond donors (Lipinski definition) is 2. The van der Waals surface area contributed by atoms with Gasteiger partial charge in [0.1, 0.15) is 5.75 Å². The van der Waals surface area contributed by atoms with Crippen molar-refractivity contribution in [2.75, 3.05) is 7.11 Å². The highest BCUT2D eigenvalue weighted by molar-refractivity contribution is 7.80. The van der Waals surface area contributed by atoms with E-state index in [2.05, 4.69) is 29.7 Å². The summed E-state index contributed by atoms with van der Waals surface area (Å²) in [6.07, 6.45) is 0. The molecule has 0 spiro atoms. The van der Waals surface area contributed by atoms with Crippen LogP contribution in [-0.4, -0.2) is 12.2 Å². The highest BCUT2D eigenvalue weighted by Crippen LogP contribution is 2.12. The number of methoxy groups -OCH3 is 1. The van der Waals surface area contributed by atoms with Gasteiger partial charge in [-0.15, -0.1) is 0 Å². The molecule has 0 radical (unpaired) electrons. The minimum absolute atomic E-state index is 0.182. The van der Waals surface area contributed by atoms with Crippen LogP contribution in [0, 0.1) is 0 Å². The quantitative estimate of drug-likeness (QED) is 0.829. The summed E-state index contributed by atoms with van der Waals surface area (Å²) >= 11 is 5.33. The SMILES string of the molecule is COc1ccc(CNC(=S)N[C@@H](C)c2ccccc2)cc1. The highest BCUT2D eigenvalue weighted by Gasteiger charge is 2.05. The molecule has 2 rings (SSSR count). The Kier molecular flexibility index (Phi) is 5.58. The molecule has 0 amide bonds. The lowest BCUT2D eigenvalue weighted by Gasteiger charge is -2.17. The highest BCUT2D eigenvalue weighted by atomic mass is 32.1. The Morgan fingerprint density at radius 1 is 1.10 bits per heavy atom. The monoisotopic (exact) mass is 300 g/mol. The molecule has 0 heterocycles. The van der Waals surface area contributed by atoms with E-state index in [-0.39, 0.29) is 6.04 Å². The molecule has 0 saturated heterocycles. The summed E-state index contributed by atoms with van der Waals surface area (Å²) in [5, 5.41) is 7.16. The maximum absolute atomic E-state index is 5.33. The van der Waals surface area contributed by atoms with Gasteiger partial charge in [0.15, 0.2) is 5.11 Å². The first kappa shape index (κ1) is 15.3. The zero-order valence-corrected chi connectivity index (χ0v) is 13.1. The Morgan fingerprint density at radius 3 is 2.38 bits per heavy atom. The Bertz CT molecular complexity index is 569. The van der Waals surface area contributed by atoms with E-state index in [9.17, 15) is 0 Å². The number of hydrogen-bond acceptors (Lipinski definition) is 2. The van der Waals surface area contributed by atoms with Gasteiger partial charge in [-0.1, -0.05) is 42.5 Å². The predicted molar refractivity (Wildman–Crippen MR) is 90.4 cm³/mol. The molecule has 2 aromatic rings. The molecule has 2 aromatic carbocycles. The van der Waals surface area contributed by atoms with Gasteiger partial charge in [-0.05, 0) is 42.4 Å². The Hall–Kier alpha value is -2.07. The van der Waals surface area contributed by atoms with Crippen LogP contribution >= 0.6 is 12.2 Å². The van der Waals surface area contributed by atoms with Crippen LogP contribution in [0.15, 0.2) is 54.6 Å². The largest absolute Gasteiger partial charge is 0.497 e. The first-order valence-electron chi connectivity index (χ1n) is 6.91. The van der Waals surface area contributed by atoms with Crippen LogP contribution in [0.2, 0.25) is 0 Å². The molecule has 4 heteroatoms. The van der Waals surface area contributed by atoms with Gasteiger partial charge in [0.25, 0.3) is 0 Å². The van der Waals surface area contributed by atoms with Crippen LogP contribution in [0.25, 0.3) is 0 Å². The first-order chi connectivity index (χ1) is 10.2. The van der Waals surface area contributed by atoms with Gasteiger partial charge in [-0.3, -0.25) is 0 Å². The molecule has 110 valence electrons. The molecule has 2 N–H and O–H groups in total. The molecule has 1 atom stereocenters. The van der Waals surface area contributed by atoms with E-state index in [1.54, 1.807) is 7.11 Å². The molecule has 21 heavy (non-hydrogen) atoms. The molecule has 0 fully saturated rings. The predicted octanol–water partition coefficient (Wildman–Crippen LogP) is 3.42. The maximum atomic E-state index is 5.33. The van der Waals surface area contributed by atoms with Gasteiger partial charge < -0.3 is 15.4 Å². The standard InChI is InChI=1S/C17H20N2OS/c1-13(15-6-4-3-5-7-15)19-17(21)18-12-14-8-10-16(20-2)11-9-14/h3-11,13H,12H2,1-2H3,(H2,18,19,21)/t13-/m0/s1. The third kappa shape index (κ3) is 4.76. The lowest BCUT2D eigenvalue weighted by Crippen LogP contribution is -2.36. The van der Waals surface area contributed by atoms with Gasteiger partial charge in [-0.25, -0.2) is 0 Å². The fourth-order valence-corrected chi connectivity index (χ4v) is 2.25. The molecule has 0 aliphatic rings. The molecule has 0 aliphatic heterocycles. The van der Waals surface area contributed by atoms with Crippen molar-refractivity contribution in [1.82, 2.24) is 10.6 Å². The van der Waals surface area contributed by atoms with E-state index in [0.717, 1.165) is 11.3 Å². The summed E-state index contributed by atoms with van der Waals surface area (Å²) < 4.78 is 5.14. The van der Waals surface area contributed by atoms with Gasteiger partial charge in [0.05, 0.1) is 13.2 Å². The topological polar surface area (TPSA) is 33.3 Å². The molecular weight excluding hydrogens is 280 g/mol. The second-order valence-corrected chi connectivity index (χ2v) is 5.22. The maximum Gasteiger partial charge on any atom is 0.167 e. The van der Waals surface area contributed by atoms with Crippen LogP contribution < -0.4 is 15.4 Å². The Morgan fingerprint density at radius 2 is 1.76 bits per heavy atom. The number of thiocarbonyl (C=S) groups is 1. The van der Waals surface area contributed by atoms with E-state index in [1.165, 1.54) is 5.56 Å². The van der Waals surface area contributed by atoms with Crippen LogP contribution in [0.3, 0.4) is 0 Å². The first-order valence-corrected chi connectivity index (χ1v) is 7.32. The summed E-state index contributed by atoms with van der Waals surface area (Å²) in [6, 6.07) is 18.4. The van der Waals surface area contributed by atoms with E-state index in [0.29, 0.717) is 11.7 Å². The zero-order valence-electron chi connectivity index (χ0n) is 12.3. The van der Waals surface area contributed by atoms with Crippen molar-refractivity contribution in [3.63, 3.8) is 0 Å². The number of nitrogens with one attached hydrogen (secondary N) is 2. The molecule has 3 nitrogen and oxygen atoms in total. The zero-order chi connectivity index (χ0) is 15.1. The lowest BCUT2D eigenvalue weighted by atomic mass is 10.1. The van der Waals surface area contributed by atoms with E-state index < -0.39 is 0 Å². The lowest BCUT2D eigenvalue weighted by molar-refractivity contribution is 0.414. The number of rotatable bonds is 5. The van der Waals surface area contributed by atoms with Crippen molar-refractivity contribution in [3.8, 4) is 5.75 Å². The summed E-state index contributed by atoms with van der Waals surface area (Å²) in [5.41, 5.74) is 2.37. The van der Waals surface area contributed by atoms with Crippen molar-refractivity contribution in [1.29, 1.82) is 0 Å².